The van der Waals surface area contributed by atoms with Gasteiger partial charge in [0.05, 0.1) is 24.3 Å². The molecule has 0 aliphatic carbocycles. The Morgan fingerprint density at radius 2 is 2.07 bits per heavy atom. The summed E-state index contributed by atoms with van der Waals surface area (Å²) in [7, 11) is 1.58. The number of nitrogens with two attached hydrogens (primary N) is 1. The molecule has 30 heavy (non-hydrogen) atoms. The number of aromatic nitrogens is 2. The summed E-state index contributed by atoms with van der Waals surface area (Å²) in [5.41, 5.74) is 9.31. The van der Waals surface area contributed by atoms with Gasteiger partial charge in [-0.3, -0.25) is 5.10 Å². The largest absolute Gasteiger partial charge is 0.496 e. The first kappa shape index (κ1) is 18.4. The molecule has 1 aromatic heterocycles. The van der Waals surface area contributed by atoms with Gasteiger partial charge in [-0.25, -0.2) is 0 Å². The summed E-state index contributed by atoms with van der Waals surface area (Å²) in [5.74, 6) is 1.72. The third-order valence-corrected chi connectivity index (χ3v) is 5.60. The van der Waals surface area contributed by atoms with E-state index >= 15 is 0 Å². The van der Waals surface area contributed by atoms with Crippen LogP contribution in [0.4, 0.5) is 0 Å². The highest BCUT2D eigenvalue weighted by Crippen LogP contribution is 2.49. The van der Waals surface area contributed by atoms with Crippen molar-refractivity contribution in [3.05, 3.63) is 63.5 Å². The molecule has 5 rings (SSSR count). The van der Waals surface area contributed by atoms with E-state index in [0.29, 0.717) is 34.4 Å². The van der Waals surface area contributed by atoms with Crippen LogP contribution in [-0.4, -0.2) is 24.1 Å². The molecular weight excluding hydrogens is 452 g/mol. The molecule has 0 fully saturated rings. The molecule has 0 saturated heterocycles. The Labute approximate surface area is 179 Å². The number of H-pyrrole nitrogens is 1. The summed E-state index contributed by atoms with van der Waals surface area (Å²) in [6.45, 7) is 0.179. The van der Waals surface area contributed by atoms with Crippen molar-refractivity contribution in [1.29, 1.82) is 5.26 Å². The van der Waals surface area contributed by atoms with Crippen LogP contribution in [0.15, 0.2) is 52.3 Å². The second kappa shape index (κ2) is 7.00. The number of nitrogens with zero attached hydrogens (tertiary/aromatic N) is 2. The highest BCUT2D eigenvalue weighted by atomic mass is 79.9. The Morgan fingerprint density at radius 3 is 2.87 bits per heavy atom. The van der Waals surface area contributed by atoms with E-state index in [-0.39, 0.29) is 18.2 Å². The van der Waals surface area contributed by atoms with Crippen molar-refractivity contribution in [3.8, 4) is 40.5 Å². The van der Waals surface area contributed by atoms with Crippen molar-refractivity contribution < 1.29 is 18.9 Å². The number of hydrogen-bond acceptors (Lipinski definition) is 7. The topological polar surface area (TPSA) is 115 Å². The third-order valence-electron chi connectivity index (χ3n) is 5.10. The van der Waals surface area contributed by atoms with E-state index in [9.17, 15) is 5.26 Å². The number of nitrogens with one attached hydrogen (secondary N) is 1. The van der Waals surface area contributed by atoms with Gasteiger partial charge in [-0.15, -0.1) is 5.10 Å². The van der Waals surface area contributed by atoms with Crippen molar-refractivity contribution in [2.75, 3.05) is 13.9 Å². The average molecular weight is 467 g/mol. The molecule has 0 amide bonds. The molecule has 150 valence electrons. The number of halogens is 1. The second-order valence-electron chi connectivity index (χ2n) is 6.70. The highest BCUT2D eigenvalue weighted by Gasteiger charge is 2.37. The lowest BCUT2D eigenvalue weighted by molar-refractivity contribution is 0.174. The first-order valence-electron chi connectivity index (χ1n) is 9.00. The molecule has 2 aromatic carbocycles. The number of fused-ring (bicyclic) bond motifs is 2. The van der Waals surface area contributed by atoms with Gasteiger partial charge in [0.2, 0.25) is 18.6 Å². The molecule has 3 N–H and O–H groups in total. The quantitative estimate of drug-likeness (QED) is 0.602. The molecule has 0 radical (unpaired) electrons. The Hall–Kier alpha value is -3.64. The second-order valence-corrected chi connectivity index (χ2v) is 7.61. The minimum absolute atomic E-state index is 0.0146. The van der Waals surface area contributed by atoms with Gasteiger partial charge in [0.1, 0.15) is 17.4 Å². The standard InChI is InChI=1S/C21H15BrN4O4/c1-27-14-5-3-11(22)7-12(14)17-13(8-23)20(24)30-21-18(17)19(25-26-21)10-2-4-15-16(6-10)29-9-28-15/h2-7,17H,9,24H2,1H3,(H,25,26)/t17-/m1/s1. The maximum atomic E-state index is 9.89. The molecule has 8 nitrogen and oxygen atoms in total. The van der Waals surface area contributed by atoms with Crippen LogP contribution in [0.5, 0.6) is 23.1 Å². The number of nitriles is 1. The number of methoxy groups -OCH3 is 1. The van der Waals surface area contributed by atoms with Crippen molar-refractivity contribution >= 4 is 15.9 Å². The van der Waals surface area contributed by atoms with Crippen LogP contribution in [0.2, 0.25) is 0 Å². The Morgan fingerprint density at radius 1 is 1.23 bits per heavy atom. The predicted molar refractivity (Wildman–Crippen MR) is 110 cm³/mol. The molecule has 0 bridgehead atoms. The van der Waals surface area contributed by atoms with E-state index in [1.54, 1.807) is 7.11 Å². The van der Waals surface area contributed by atoms with Crippen LogP contribution < -0.4 is 24.7 Å². The van der Waals surface area contributed by atoms with Crippen LogP contribution in [-0.2, 0) is 0 Å². The van der Waals surface area contributed by atoms with Gasteiger partial charge in [-0.2, -0.15) is 5.26 Å². The van der Waals surface area contributed by atoms with Crippen LogP contribution in [0.3, 0.4) is 0 Å². The number of benzene rings is 2. The lowest BCUT2D eigenvalue weighted by Crippen LogP contribution is -2.21. The van der Waals surface area contributed by atoms with E-state index < -0.39 is 5.92 Å². The fourth-order valence-corrected chi connectivity index (χ4v) is 4.14. The van der Waals surface area contributed by atoms with Crippen LogP contribution in [0.25, 0.3) is 11.3 Å². The monoisotopic (exact) mass is 466 g/mol. The van der Waals surface area contributed by atoms with Crippen molar-refractivity contribution in [3.63, 3.8) is 0 Å². The minimum Gasteiger partial charge on any atom is -0.496 e. The summed E-state index contributed by atoms with van der Waals surface area (Å²) in [5, 5.41) is 17.2. The lowest BCUT2D eigenvalue weighted by Gasteiger charge is -2.25. The van der Waals surface area contributed by atoms with Gasteiger partial charge in [-0.1, -0.05) is 15.9 Å². The van der Waals surface area contributed by atoms with Gasteiger partial charge in [0.15, 0.2) is 11.5 Å². The number of ether oxygens (including phenoxy) is 4. The zero-order chi connectivity index (χ0) is 20.8. The molecule has 9 heteroatoms. The van der Waals surface area contributed by atoms with E-state index in [4.69, 9.17) is 24.7 Å². The van der Waals surface area contributed by atoms with E-state index in [0.717, 1.165) is 15.6 Å². The van der Waals surface area contributed by atoms with Crippen molar-refractivity contribution in [2.45, 2.75) is 5.92 Å². The number of hydrogen-bond donors (Lipinski definition) is 2. The summed E-state index contributed by atoms with van der Waals surface area (Å²) >= 11 is 3.51. The van der Waals surface area contributed by atoms with Gasteiger partial charge in [0, 0.05) is 15.6 Å². The molecule has 2 aliphatic rings. The molecule has 0 saturated carbocycles. The van der Waals surface area contributed by atoms with Crippen LogP contribution >= 0.6 is 15.9 Å². The van der Waals surface area contributed by atoms with Crippen LogP contribution in [0, 0.1) is 11.3 Å². The zero-order valence-electron chi connectivity index (χ0n) is 15.7. The molecule has 0 unspecified atom stereocenters. The normalized spacial score (nSPS) is 16.6. The lowest BCUT2D eigenvalue weighted by atomic mass is 9.82. The summed E-state index contributed by atoms with van der Waals surface area (Å²) in [4.78, 5) is 0. The predicted octanol–water partition coefficient (Wildman–Crippen LogP) is 3.79. The number of aromatic amines is 1. The molecular formula is C21H15BrN4O4. The summed E-state index contributed by atoms with van der Waals surface area (Å²) in [6, 6.07) is 13.4. The fraction of sp³-hybridized carbons (Fsp3) is 0.143. The summed E-state index contributed by atoms with van der Waals surface area (Å²) < 4.78 is 23.0. The third kappa shape index (κ3) is 2.76. The average Bonchev–Trinajstić information content (AvgIpc) is 3.38. The Kier molecular flexibility index (Phi) is 4.29. The van der Waals surface area contributed by atoms with E-state index in [1.165, 1.54) is 0 Å². The fourth-order valence-electron chi connectivity index (χ4n) is 3.76. The first-order valence-corrected chi connectivity index (χ1v) is 9.79. The van der Waals surface area contributed by atoms with E-state index in [1.807, 2.05) is 36.4 Å². The van der Waals surface area contributed by atoms with Gasteiger partial charge >= 0.3 is 0 Å². The molecule has 0 spiro atoms. The molecule has 3 aromatic rings. The van der Waals surface area contributed by atoms with Gasteiger partial charge in [0.25, 0.3) is 0 Å². The maximum absolute atomic E-state index is 9.89. The van der Waals surface area contributed by atoms with E-state index in [2.05, 4.69) is 32.2 Å². The highest BCUT2D eigenvalue weighted by molar-refractivity contribution is 9.10. The first-order chi connectivity index (χ1) is 14.6. The van der Waals surface area contributed by atoms with Gasteiger partial charge in [-0.05, 0) is 36.4 Å². The molecule has 1 atom stereocenters. The molecule has 3 heterocycles. The number of rotatable bonds is 3. The van der Waals surface area contributed by atoms with Crippen molar-refractivity contribution in [1.82, 2.24) is 10.2 Å². The smallest absolute Gasteiger partial charge is 0.244 e. The number of allylic oxidation sites excluding steroid dienone is 1. The Bertz CT molecular complexity index is 1240. The molecule has 2 aliphatic heterocycles. The van der Waals surface area contributed by atoms with Crippen LogP contribution in [0.1, 0.15) is 17.0 Å². The zero-order valence-corrected chi connectivity index (χ0v) is 17.3. The maximum Gasteiger partial charge on any atom is 0.244 e. The minimum atomic E-state index is -0.537. The van der Waals surface area contributed by atoms with Crippen molar-refractivity contribution in [2.24, 2.45) is 5.73 Å². The SMILES string of the molecule is COc1ccc(Br)cc1[C@@H]1C(C#N)=C(N)Oc2n[nH]c(-c3ccc4c(c3)OCO4)c21. The Balaban J connectivity index is 1.74. The van der Waals surface area contributed by atoms with Gasteiger partial charge < -0.3 is 24.7 Å². The summed E-state index contributed by atoms with van der Waals surface area (Å²) in [6.07, 6.45) is 0.